The Morgan fingerprint density at radius 1 is 1.13 bits per heavy atom. The predicted octanol–water partition coefficient (Wildman–Crippen LogP) is 5.03. The average Bonchev–Trinajstić information content (AvgIpc) is 3.50. The number of nitrogens with zero attached hydrogens (tertiary/aromatic N) is 1. The molecule has 5 rings (SSSR count). The molecule has 164 valence electrons. The second-order valence-corrected chi connectivity index (χ2v) is 9.12. The molecule has 1 N–H and O–H groups in total. The topological polar surface area (TPSA) is 49.8 Å². The Morgan fingerprint density at radius 2 is 1.90 bits per heavy atom. The molecule has 2 aliphatic carbocycles. The zero-order chi connectivity index (χ0) is 21.9. The van der Waals surface area contributed by atoms with Crippen LogP contribution in [0.4, 0.5) is 18.9 Å². The van der Waals surface area contributed by atoms with E-state index in [9.17, 15) is 13.6 Å². The van der Waals surface area contributed by atoms with Crippen molar-refractivity contribution in [3.05, 3.63) is 58.4 Å². The number of halogens is 3. The van der Waals surface area contributed by atoms with E-state index in [0.29, 0.717) is 47.7 Å². The van der Waals surface area contributed by atoms with Crippen LogP contribution in [0.1, 0.15) is 48.8 Å². The van der Waals surface area contributed by atoms with Gasteiger partial charge in [-0.25, -0.2) is 13.2 Å². The number of hydrogen-bond donors (Lipinski definition) is 1. The van der Waals surface area contributed by atoms with Crippen molar-refractivity contribution in [2.75, 3.05) is 11.4 Å². The van der Waals surface area contributed by atoms with Crippen molar-refractivity contribution in [1.29, 1.82) is 0 Å². The number of carbonyl (C=O) groups is 1. The number of ether oxygens (including phenoxy) is 1. The highest BCUT2D eigenvalue weighted by Gasteiger charge is 2.46. The van der Waals surface area contributed by atoms with Crippen LogP contribution in [0.3, 0.4) is 0 Å². The van der Waals surface area contributed by atoms with E-state index >= 15 is 4.39 Å². The third-order valence-corrected chi connectivity index (χ3v) is 6.83. The van der Waals surface area contributed by atoms with Gasteiger partial charge >= 0.3 is 5.97 Å². The van der Waals surface area contributed by atoms with Crippen LogP contribution in [0.5, 0.6) is 5.75 Å². The Labute approximate surface area is 178 Å². The van der Waals surface area contributed by atoms with E-state index in [1.165, 1.54) is 6.07 Å². The molecular formula is C24H24F3NO3. The first-order chi connectivity index (χ1) is 14.8. The molecule has 2 unspecified atom stereocenters. The first-order valence-electron chi connectivity index (χ1n) is 10.8. The van der Waals surface area contributed by atoms with Crippen LogP contribution in [-0.4, -0.2) is 23.7 Å². The minimum atomic E-state index is -0.958. The van der Waals surface area contributed by atoms with Gasteiger partial charge in [-0.15, -0.1) is 0 Å². The SMILES string of the molecule is C[C@H]1C[C@H](Oc2cc(F)c(F)c(N3CCc4c(ccc(C5CC5C(=O)O)c4F)C3)c2)C1. The highest BCUT2D eigenvalue weighted by molar-refractivity contribution is 5.75. The Hall–Kier alpha value is -2.70. The number of anilines is 1. The molecule has 2 saturated carbocycles. The molecule has 0 aromatic heterocycles. The Morgan fingerprint density at radius 3 is 2.58 bits per heavy atom. The van der Waals surface area contributed by atoms with E-state index in [0.717, 1.165) is 18.9 Å². The first kappa shape index (κ1) is 20.2. The number of carboxylic acid groups (broad SMARTS) is 1. The summed E-state index contributed by atoms with van der Waals surface area (Å²) in [6, 6.07) is 6.03. The summed E-state index contributed by atoms with van der Waals surface area (Å²) >= 11 is 0. The van der Waals surface area contributed by atoms with E-state index in [1.807, 2.05) is 0 Å². The van der Waals surface area contributed by atoms with Gasteiger partial charge in [0.05, 0.1) is 17.7 Å². The molecule has 2 fully saturated rings. The largest absolute Gasteiger partial charge is 0.490 e. The quantitative estimate of drug-likeness (QED) is 0.721. The van der Waals surface area contributed by atoms with Gasteiger partial charge in [0.1, 0.15) is 11.6 Å². The molecule has 31 heavy (non-hydrogen) atoms. The molecule has 0 radical (unpaired) electrons. The van der Waals surface area contributed by atoms with Crippen LogP contribution in [0.25, 0.3) is 0 Å². The lowest BCUT2D eigenvalue weighted by molar-refractivity contribution is -0.138. The summed E-state index contributed by atoms with van der Waals surface area (Å²) in [4.78, 5) is 12.8. The van der Waals surface area contributed by atoms with Crippen LogP contribution < -0.4 is 9.64 Å². The van der Waals surface area contributed by atoms with Gasteiger partial charge in [-0.2, -0.15) is 0 Å². The van der Waals surface area contributed by atoms with Crippen LogP contribution in [-0.2, 0) is 17.8 Å². The van der Waals surface area contributed by atoms with Gasteiger partial charge < -0.3 is 14.7 Å². The fraction of sp³-hybridized carbons (Fsp3) is 0.458. The molecule has 1 aliphatic heterocycles. The van der Waals surface area contributed by atoms with E-state index in [4.69, 9.17) is 9.84 Å². The fourth-order valence-corrected chi connectivity index (χ4v) is 4.90. The summed E-state index contributed by atoms with van der Waals surface area (Å²) in [5.41, 5.74) is 1.81. The Bertz CT molecular complexity index is 1050. The molecule has 7 heteroatoms. The number of hydrogen-bond acceptors (Lipinski definition) is 3. The third kappa shape index (κ3) is 3.64. The molecule has 0 bridgehead atoms. The van der Waals surface area contributed by atoms with Crippen molar-refractivity contribution in [3.63, 3.8) is 0 Å². The number of benzene rings is 2. The van der Waals surface area contributed by atoms with Gasteiger partial charge in [0, 0.05) is 31.1 Å². The smallest absolute Gasteiger partial charge is 0.307 e. The summed E-state index contributed by atoms with van der Waals surface area (Å²) in [6.45, 7) is 2.71. The van der Waals surface area contributed by atoms with Crippen LogP contribution in [0, 0.1) is 29.3 Å². The van der Waals surface area contributed by atoms with Crippen LogP contribution in [0.2, 0.25) is 0 Å². The van der Waals surface area contributed by atoms with Gasteiger partial charge in [-0.3, -0.25) is 4.79 Å². The average molecular weight is 431 g/mol. The molecule has 1 heterocycles. The lowest BCUT2D eigenvalue weighted by Gasteiger charge is -2.34. The molecule has 2 atom stereocenters. The molecule has 0 saturated heterocycles. The summed E-state index contributed by atoms with van der Waals surface area (Å²) in [6.07, 6.45) is 2.62. The van der Waals surface area contributed by atoms with Crippen LogP contribution >= 0.6 is 0 Å². The summed E-state index contributed by atoms with van der Waals surface area (Å²) in [5, 5.41) is 9.13. The first-order valence-corrected chi connectivity index (χ1v) is 10.8. The normalized spacial score (nSPS) is 26.8. The Balaban J connectivity index is 1.37. The number of rotatable bonds is 5. The van der Waals surface area contributed by atoms with Gasteiger partial charge in [0.15, 0.2) is 11.6 Å². The minimum absolute atomic E-state index is 0.0272. The highest BCUT2D eigenvalue weighted by atomic mass is 19.2. The molecular weight excluding hydrogens is 407 g/mol. The van der Waals surface area contributed by atoms with E-state index < -0.39 is 23.5 Å². The summed E-state index contributed by atoms with van der Waals surface area (Å²) < 4.78 is 49.8. The monoisotopic (exact) mass is 431 g/mol. The molecule has 0 amide bonds. The van der Waals surface area contributed by atoms with E-state index in [1.54, 1.807) is 17.0 Å². The molecule has 3 aliphatic rings. The molecule has 2 aromatic carbocycles. The van der Waals surface area contributed by atoms with Crippen molar-refractivity contribution in [3.8, 4) is 5.75 Å². The zero-order valence-electron chi connectivity index (χ0n) is 17.2. The maximum atomic E-state index is 15.1. The second-order valence-electron chi connectivity index (χ2n) is 9.12. The third-order valence-electron chi connectivity index (χ3n) is 6.83. The minimum Gasteiger partial charge on any atom is -0.490 e. The molecule has 2 aromatic rings. The maximum Gasteiger partial charge on any atom is 0.307 e. The van der Waals surface area contributed by atoms with Gasteiger partial charge in [-0.1, -0.05) is 19.1 Å². The van der Waals surface area contributed by atoms with Crippen molar-refractivity contribution < 1.29 is 27.8 Å². The Kier molecular flexibility index (Phi) is 4.87. The zero-order valence-corrected chi connectivity index (χ0v) is 17.2. The molecule has 4 nitrogen and oxygen atoms in total. The van der Waals surface area contributed by atoms with Gasteiger partial charge in [0.25, 0.3) is 0 Å². The van der Waals surface area contributed by atoms with E-state index in [2.05, 4.69) is 6.92 Å². The standard InChI is InChI=1S/C24H24F3NO3/c1-12-6-14(7-12)31-15-8-20(25)23(27)21(9-15)28-5-4-16-13(11-28)2-3-17(22(16)26)18-10-19(18)24(29)30/h2-3,8-9,12,14,18-19H,4-7,10-11H2,1H3,(H,29,30)/t12-,14-,18?,19?. The lowest BCUT2D eigenvalue weighted by Crippen LogP contribution is -2.33. The van der Waals surface area contributed by atoms with Gasteiger partial charge in [0.2, 0.25) is 0 Å². The van der Waals surface area contributed by atoms with Gasteiger partial charge in [-0.05, 0) is 48.3 Å². The predicted molar refractivity (Wildman–Crippen MR) is 109 cm³/mol. The van der Waals surface area contributed by atoms with E-state index in [-0.39, 0.29) is 30.1 Å². The summed E-state index contributed by atoms with van der Waals surface area (Å²) in [7, 11) is 0. The number of carboxylic acids is 1. The van der Waals surface area contributed by atoms with Crippen LogP contribution in [0.15, 0.2) is 24.3 Å². The lowest BCUT2D eigenvalue weighted by atomic mass is 9.84. The number of fused-ring (bicyclic) bond motifs is 1. The molecule has 0 spiro atoms. The van der Waals surface area contributed by atoms with Crippen molar-refractivity contribution >= 4 is 11.7 Å². The van der Waals surface area contributed by atoms with Crippen molar-refractivity contribution in [1.82, 2.24) is 0 Å². The van der Waals surface area contributed by atoms with Crippen molar-refractivity contribution in [2.45, 2.75) is 51.2 Å². The maximum absolute atomic E-state index is 15.1. The second kappa shape index (κ2) is 7.46. The summed E-state index contributed by atoms with van der Waals surface area (Å²) in [5.74, 6) is -3.06. The number of aliphatic carboxylic acids is 1. The van der Waals surface area contributed by atoms with Crippen molar-refractivity contribution in [2.24, 2.45) is 11.8 Å². The highest BCUT2D eigenvalue weighted by Crippen LogP contribution is 2.49. The fourth-order valence-electron chi connectivity index (χ4n) is 4.90.